The van der Waals surface area contributed by atoms with Gasteiger partial charge in [0, 0.05) is 10.0 Å². The SMILES string of the molecule is CC[C@H](C)[C@H](NS(=O)(=O)c1ccc(C)cc1)C(=O)Nc1nnc(-c2ccc(Br)cc2)s1. The molecule has 31 heavy (non-hydrogen) atoms. The molecular weight excluding hydrogens is 500 g/mol. The number of hydrogen-bond acceptors (Lipinski definition) is 6. The molecule has 0 unspecified atom stereocenters. The van der Waals surface area contributed by atoms with Crippen molar-refractivity contribution in [2.45, 2.75) is 38.1 Å². The van der Waals surface area contributed by atoms with Crippen LogP contribution in [0.2, 0.25) is 0 Å². The first kappa shape index (κ1) is 23.5. The third kappa shape index (κ3) is 5.97. The van der Waals surface area contributed by atoms with Gasteiger partial charge in [0.2, 0.25) is 21.1 Å². The van der Waals surface area contributed by atoms with Gasteiger partial charge in [-0.3, -0.25) is 10.1 Å². The summed E-state index contributed by atoms with van der Waals surface area (Å²) in [6.07, 6.45) is 0.620. The van der Waals surface area contributed by atoms with Gasteiger partial charge in [0.1, 0.15) is 11.0 Å². The number of anilines is 1. The lowest BCUT2D eigenvalue weighted by Crippen LogP contribution is -2.47. The number of nitrogens with one attached hydrogen (secondary N) is 2. The van der Waals surface area contributed by atoms with Crippen molar-refractivity contribution < 1.29 is 13.2 Å². The van der Waals surface area contributed by atoms with Crippen LogP contribution in [0.3, 0.4) is 0 Å². The summed E-state index contributed by atoms with van der Waals surface area (Å²) in [4.78, 5) is 13.1. The second-order valence-electron chi connectivity index (χ2n) is 7.21. The number of carbonyl (C=O) groups is 1. The van der Waals surface area contributed by atoms with E-state index in [0.717, 1.165) is 15.6 Å². The third-order valence-electron chi connectivity index (χ3n) is 4.86. The summed E-state index contributed by atoms with van der Waals surface area (Å²) in [7, 11) is -3.86. The van der Waals surface area contributed by atoms with E-state index in [1.54, 1.807) is 12.1 Å². The highest BCUT2D eigenvalue weighted by Crippen LogP contribution is 2.28. The van der Waals surface area contributed by atoms with E-state index in [1.807, 2.05) is 45.0 Å². The Kier molecular flexibility index (Phi) is 7.58. The van der Waals surface area contributed by atoms with Gasteiger partial charge in [-0.15, -0.1) is 10.2 Å². The van der Waals surface area contributed by atoms with Crippen LogP contribution in [-0.4, -0.2) is 30.6 Å². The van der Waals surface area contributed by atoms with Crippen molar-refractivity contribution in [2.24, 2.45) is 5.92 Å². The molecule has 0 aliphatic rings. The third-order valence-corrected chi connectivity index (χ3v) is 7.73. The van der Waals surface area contributed by atoms with Crippen LogP contribution in [0.25, 0.3) is 10.6 Å². The molecule has 0 saturated heterocycles. The molecule has 1 aromatic heterocycles. The van der Waals surface area contributed by atoms with Gasteiger partial charge in [0.25, 0.3) is 0 Å². The Morgan fingerprint density at radius 1 is 1.10 bits per heavy atom. The minimum atomic E-state index is -3.86. The molecule has 0 aliphatic heterocycles. The molecule has 0 spiro atoms. The van der Waals surface area contributed by atoms with Gasteiger partial charge in [0.15, 0.2) is 0 Å². The second-order valence-corrected chi connectivity index (χ2v) is 10.8. The quantitative estimate of drug-likeness (QED) is 0.449. The number of hydrogen-bond donors (Lipinski definition) is 2. The van der Waals surface area contributed by atoms with Crippen LogP contribution in [0.5, 0.6) is 0 Å². The average molecular weight is 523 g/mol. The summed E-state index contributed by atoms with van der Waals surface area (Å²) in [6.45, 7) is 5.61. The van der Waals surface area contributed by atoms with E-state index in [4.69, 9.17) is 0 Å². The van der Waals surface area contributed by atoms with Crippen LogP contribution < -0.4 is 10.0 Å². The maximum Gasteiger partial charge on any atom is 0.244 e. The predicted octanol–water partition coefficient (Wildman–Crippen LogP) is 4.61. The standard InChI is InChI=1S/C21H23BrN4O3S2/c1-4-14(3)18(26-31(28,29)17-11-5-13(2)6-12-17)19(27)23-21-25-24-20(30-21)15-7-9-16(22)10-8-15/h5-12,14,18,26H,4H2,1-3H3,(H,23,25,27)/t14-,18-/m0/s1. The second kappa shape index (κ2) is 9.99. The monoisotopic (exact) mass is 522 g/mol. The molecule has 0 saturated carbocycles. The number of nitrogens with zero attached hydrogens (tertiary/aromatic N) is 2. The fraction of sp³-hybridized carbons (Fsp3) is 0.286. The molecule has 0 aliphatic carbocycles. The first-order valence-corrected chi connectivity index (χ1v) is 12.8. The lowest BCUT2D eigenvalue weighted by Gasteiger charge is -2.22. The number of benzene rings is 2. The van der Waals surface area contributed by atoms with E-state index < -0.39 is 22.0 Å². The Hall–Kier alpha value is -2.14. The molecular formula is C21H23BrN4O3S2. The number of rotatable bonds is 8. The van der Waals surface area contributed by atoms with Crippen LogP contribution >= 0.6 is 27.3 Å². The fourth-order valence-corrected chi connectivity index (χ4v) is 5.10. The van der Waals surface area contributed by atoms with Gasteiger partial charge in [-0.1, -0.05) is 77.4 Å². The molecule has 2 atom stereocenters. The van der Waals surface area contributed by atoms with Crippen molar-refractivity contribution >= 4 is 48.3 Å². The Morgan fingerprint density at radius 2 is 1.74 bits per heavy atom. The van der Waals surface area contributed by atoms with Crippen molar-refractivity contribution in [3.63, 3.8) is 0 Å². The van der Waals surface area contributed by atoms with E-state index in [-0.39, 0.29) is 10.8 Å². The van der Waals surface area contributed by atoms with Gasteiger partial charge in [-0.2, -0.15) is 4.72 Å². The summed E-state index contributed by atoms with van der Waals surface area (Å²) in [5, 5.41) is 11.8. The lowest BCUT2D eigenvalue weighted by atomic mass is 9.99. The summed E-state index contributed by atoms with van der Waals surface area (Å²) in [5.74, 6) is -0.692. The topological polar surface area (TPSA) is 101 Å². The molecule has 2 aromatic carbocycles. The minimum Gasteiger partial charge on any atom is -0.299 e. The lowest BCUT2D eigenvalue weighted by molar-refractivity contribution is -0.118. The Balaban J connectivity index is 1.77. The molecule has 10 heteroatoms. The molecule has 3 rings (SSSR count). The van der Waals surface area contributed by atoms with Crippen LogP contribution in [0.1, 0.15) is 25.8 Å². The van der Waals surface area contributed by atoms with E-state index in [0.29, 0.717) is 16.6 Å². The molecule has 7 nitrogen and oxygen atoms in total. The Bertz CT molecular complexity index is 1150. The van der Waals surface area contributed by atoms with Crippen molar-refractivity contribution in [1.82, 2.24) is 14.9 Å². The Morgan fingerprint density at radius 3 is 2.35 bits per heavy atom. The first-order chi connectivity index (χ1) is 14.7. The molecule has 1 amide bonds. The molecule has 164 valence electrons. The molecule has 3 aromatic rings. The van der Waals surface area contributed by atoms with Crippen LogP contribution in [0.4, 0.5) is 5.13 Å². The fourth-order valence-electron chi connectivity index (χ4n) is 2.78. The zero-order valence-corrected chi connectivity index (χ0v) is 20.5. The molecule has 0 radical (unpaired) electrons. The largest absolute Gasteiger partial charge is 0.299 e. The summed E-state index contributed by atoms with van der Waals surface area (Å²) < 4.78 is 29.2. The van der Waals surface area contributed by atoms with Gasteiger partial charge < -0.3 is 0 Å². The number of amides is 1. The number of halogens is 1. The predicted molar refractivity (Wildman–Crippen MR) is 126 cm³/mol. The van der Waals surface area contributed by atoms with E-state index in [2.05, 4.69) is 36.2 Å². The van der Waals surface area contributed by atoms with Crippen molar-refractivity contribution in [3.05, 3.63) is 58.6 Å². The van der Waals surface area contributed by atoms with Gasteiger partial charge in [0.05, 0.1) is 4.90 Å². The zero-order valence-electron chi connectivity index (χ0n) is 17.3. The summed E-state index contributed by atoms with van der Waals surface area (Å²) in [6, 6.07) is 13.1. The Labute approximate surface area is 194 Å². The van der Waals surface area contributed by atoms with E-state index in [1.165, 1.54) is 23.5 Å². The highest BCUT2D eigenvalue weighted by molar-refractivity contribution is 9.10. The molecule has 1 heterocycles. The first-order valence-electron chi connectivity index (χ1n) is 9.69. The minimum absolute atomic E-state index is 0.118. The smallest absolute Gasteiger partial charge is 0.244 e. The summed E-state index contributed by atoms with van der Waals surface area (Å²) >= 11 is 4.62. The van der Waals surface area contributed by atoms with E-state index >= 15 is 0 Å². The van der Waals surface area contributed by atoms with Crippen molar-refractivity contribution in [1.29, 1.82) is 0 Å². The summed E-state index contributed by atoms with van der Waals surface area (Å²) in [5.41, 5.74) is 1.83. The molecule has 2 N–H and O–H groups in total. The highest BCUT2D eigenvalue weighted by atomic mass is 79.9. The maximum absolute atomic E-state index is 13.0. The number of aromatic nitrogens is 2. The van der Waals surface area contributed by atoms with Crippen molar-refractivity contribution in [3.8, 4) is 10.6 Å². The van der Waals surface area contributed by atoms with Gasteiger partial charge >= 0.3 is 0 Å². The van der Waals surface area contributed by atoms with Crippen LogP contribution in [0, 0.1) is 12.8 Å². The number of carbonyl (C=O) groups excluding carboxylic acids is 1. The van der Waals surface area contributed by atoms with Crippen LogP contribution in [-0.2, 0) is 14.8 Å². The maximum atomic E-state index is 13.0. The number of aryl methyl sites for hydroxylation is 1. The normalized spacial score (nSPS) is 13.5. The molecule has 0 bridgehead atoms. The van der Waals surface area contributed by atoms with Crippen molar-refractivity contribution in [2.75, 3.05) is 5.32 Å². The van der Waals surface area contributed by atoms with Crippen LogP contribution in [0.15, 0.2) is 57.9 Å². The highest BCUT2D eigenvalue weighted by Gasteiger charge is 2.30. The molecule has 0 fully saturated rings. The number of sulfonamides is 1. The van der Waals surface area contributed by atoms with Gasteiger partial charge in [-0.25, -0.2) is 8.42 Å². The van der Waals surface area contributed by atoms with E-state index in [9.17, 15) is 13.2 Å². The average Bonchev–Trinajstić information content (AvgIpc) is 3.20. The van der Waals surface area contributed by atoms with Gasteiger partial charge in [-0.05, 0) is 37.1 Å². The zero-order chi connectivity index (χ0) is 22.6.